The summed E-state index contributed by atoms with van der Waals surface area (Å²) in [6.45, 7) is 0. The highest BCUT2D eigenvalue weighted by Gasteiger charge is 2.23. The minimum absolute atomic E-state index is 0.112. The average molecular weight is 173 g/mol. The molecule has 0 aromatic heterocycles. The van der Waals surface area contributed by atoms with E-state index in [1.165, 1.54) is 12.8 Å². The number of phenols is 1. The molecule has 0 heterocycles. The van der Waals surface area contributed by atoms with E-state index in [9.17, 15) is 5.11 Å². The van der Waals surface area contributed by atoms with Crippen LogP contribution in [-0.4, -0.2) is 5.11 Å². The van der Waals surface area contributed by atoms with Crippen molar-refractivity contribution in [2.24, 2.45) is 5.92 Å². The van der Waals surface area contributed by atoms with Crippen molar-refractivity contribution in [2.75, 3.05) is 0 Å². The number of aromatic hydroxyl groups is 1. The van der Waals surface area contributed by atoms with E-state index in [0.29, 0.717) is 5.56 Å². The van der Waals surface area contributed by atoms with Gasteiger partial charge in [0.15, 0.2) is 0 Å². The second kappa shape index (κ2) is 3.10. The van der Waals surface area contributed by atoms with Gasteiger partial charge in [-0.1, -0.05) is 12.1 Å². The average Bonchev–Trinajstić information content (AvgIpc) is 2.89. The van der Waals surface area contributed by atoms with Gasteiger partial charge in [-0.25, -0.2) is 0 Å². The van der Waals surface area contributed by atoms with Crippen molar-refractivity contribution in [1.82, 2.24) is 0 Å². The molecule has 1 saturated carbocycles. The summed E-state index contributed by atoms with van der Waals surface area (Å²) in [5.41, 5.74) is 1.44. The fourth-order valence-electron chi connectivity index (χ4n) is 1.52. The van der Waals surface area contributed by atoms with Crippen molar-refractivity contribution in [2.45, 2.75) is 19.3 Å². The first-order chi connectivity index (χ1) is 6.31. The van der Waals surface area contributed by atoms with E-state index < -0.39 is 0 Å². The first-order valence-corrected chi connectivity index (χ1v) is 4.52. The van der Waals surface area contributed by atoms with E-state index in [-0.39, 0.29) is 5.75 Å². The number of nitriles is 1. The summed E-state index contributed by atoms with van der Waals surface area (Å²) >= 11 is 0. The van der Waals surface area contributed by atoms with Gasteiger partial charge in [0.05, 0.1) is 5.56 Å². The number of benzene rings is 1. The summed E-state index contributed by atoms with van der Waals surface area (Å²) in [5, 5.41) is 18.2. The second-order valence-electron chi connectivity index (χ2n) is 3.57. The van der Waals surface area contributed by atoms with Crippen LogP contribution < -0.4 is 0 Å². The Hall–Kier alpha value is -1.49. The molecule has 1 N–H and O–H groups in total. The standard InChI is InChI=1S/C11H11NO/c12-7-10-9(6-8-4-5-8)2-1-3-11(10)13/h1-3,8,13H,4-6H2. The predicted octanol–water partition coefficient (Wildman–Crippen LogP) is 2.22. The van der Waals surface area contributed by atoms with E-state index in [2.05, 4.69) is 0 Å². The van der Waals surface area contributed by atoms with E-state index in [1.807, 2.05) is 12.1 Å². The Labute approximate surface area is 77.4 Å². The first kappa shape index (κ1) is 8.12. The summed E-state index contributed by atoms with van der Waals surface area (Å²) in [4.78, 5) is 0. The van der Waals surface area contributed by atoms with Gasteiger partial charge >= 0.3 is 0 Å². The topological polar surface area (TPSA) is 44.0 Å². The molecule has 1 aromatic carbocycles. The summed E-state index contributed by atoms with van der Waals surface area (Å²) < 4.78 is 0. The summed E-state index contributed by atoms with van der Waals surface area (Å²) in [7, 11) is 0. The molecular weight excluding hydrogens is 162 g/mol. The molecule has 0 atom stereocenters. The van der Waals surface area contributed by atoms with Gasteiger partial charge in [0.25, 0.3) is 0 Å². The minimum atomic E-state index is 0.112. The van der Waals surface area contributed by atoms with Gasteiger partial charge in [0.2, 0.25) is 0 Å². The zero-order valence-electron chi connectivity index (χ0n) is 7.33. The Morgan fingerprint density at radius 1 is 1.46 bits per heavy atom. The quantitative estimate of drug-likeness (QED) is 0.745. The summed E-state index contributed by atoms with van der Waals surface area (Å²) in [5.74, 6) is 0.856. The third kappa shape index (κ3) is 1.65. The van der Waals surface area contributed by atoms with Crippen LogP contribution in [0.4, 0.5) is 0 Å². The van der Waals surface area contributed by atoms with Gasteiger partial charge in [-0.3, -0.25) is 0 Å². The number of rotatable bonds is 2. The van der Waals surface area contributed by atoms with Gasteiger partial charge < -0.3 is 5.11 Å². The maximum Gasteiger partial charge on any atom is 0.133 e. The zero-order valence-corrected chi connectivity index (χ0v) is 7.33. The lowest BCUT2D eigenvalue weighted by Gasteiger charge is -2.03. The Morgan fingerprint density at radius 3 is 2.85 bits per heavy atom. The van der Waals surface area contributed by atoms with E-state index in [0.717, 1.165) is 17.9 Å². The third-order valence-corrected chi connectivity index (χ3v) is 2.45. The van der Waals surface area contributed by atoms with Crippen LogP contribution in [0, 0.1) is 17.2 Å². The summed E-state index contributed by atoms with van der Waals surface area (Å²) in [6.07, 6.45) is 3.47. The molecule has 1 aliphatic rings. The van der Waals surface area contributed by atoms with Crippen LogP contribution in [0.3, 0.4) is 0 Å². The molecule has 0 aliphatic heterocycles. The zero-order chi connectivity index (χ0) is 9.26. The fourth-order valence-corrected chi connectivity index (χ4v) is 1.52. The molecule has 2 heteroatoms. The lowest BCUT2D eigenvalue weighted by molar-refractivity contribution is 0.472. The van der Waals surface area contributed by atoms with Gasteiger partial charge in [-0.05, 0) is 36.8 Å². The van der Waals surface area contributed by atoms with Crippen LogP contribution in [0.2, 0.25) is 0 Å². The lowest BCUT2D eigenvalue weighted by atomic mass is 10.0. The number of hydrogen-bond donors (Lipinski definition) is 1. The molecule has 2 nitrogen and oxygen atoms in total. The molecule has 0 bridgehead atoms. The van der Waals surface area contributed by atoms with Crippen molar-refractivity contribution >= 4 is 0 Å². The molecule has 0 spiro atoms. The van der Waals surface area contributed by atoms with E-state index in [1.54, 1.807) is 12.1 Å². The lowest BCUT2D eigenvalue weighted by Crippen LogP contribution is -1.91. The molecule has 0 saturated heterocycles. The number of hydrogen-bond acceptors (Lipinski definition) is 2. The van der Waals surface area contributed by atoms with Crippen LogP contribution in [0.15, 0.2) is 18.2 Å². The van der Waals surface area contributed by atoms with Crippen LogP contribution in [-0.2, 0) is 6.42 Å². The molecule has 2 rings (SSSR count). The monoisotopic (exact) mass is 173 g/mol. The Morgan fingerprint density at radius 2 is 2.23 bits per heavy atom. The summed E-state index contributed by atoms with van der Waals surface area (Å²) in [6, 6.07) is 7.34. The number of phenolic OH excluding ortho intramolecular Hbond substituents is 1. The van der Waals surface area contributed by atoms with Gasteiger partial charge in [0.1, 0.15) is 11.8 Å². The third-order valence-electron chi connectivity index (χ3n) is 2.45. The van der Waals surface area contributed by atoms with Crippen LogP contribution in [0.25, 0.3) is 0 Å². The minimum Gasteiger partial charge on any atom is -0.507 e. The maximum atomic E-state index is 9.40. The Balaban J connectivity index is 2.32. The highest BCUT2D eigenvalue weighted by atomic mass is 16.3. The second-order valence-corrected chi connectivity index (χ2v) is 3.57. The van der Waals surface area contributed by atoms with Crippen molar-refractivity contribution in [3.8, 4) is 11.8 Å². The molecule has 13 heavy (non-hydrogen) atoms. The molecular formula is C11H11NO. The molecule has 0 unspecified atom stereocenters. The molecule has 1 aliphatic carbocycles. The smallest absolute Gasteiger partial charge is 0.133 e. The van der Waals surface area contributed by atoms with Gasteiger partial charge in [-0.2, -0.15) is 5.26 Å². The Bertz CT molecular complexity index is 361. The maximum absolute atomic E-state index is 9.40. The highest BCUT2D eigenvalue weighted by Crippen LogP contribution is 2.34. The number of nitrogens with zero attached hydrogens (tertiary/aromatic N) is 1. The van der Waals surface area contributed by atoms with Gasteiger partial charge in [0, 0.05) is 0 Å². The highest BCUT2D eigenvalue weighted by molar-refractivity contribution is 5.48. The van der Waals surface area contributed by atoms with Gasteiger partial charge in [-0.15, -0.1) is 0 Å². The molecule has 0 radical (unpaired) electrons. The fraction of sp³-hybridized carbons (Fsp3) is 0.364. The van der Waals surface area contributed by atoms with Crippen molar-refractivity contribution in [1.29, 1.82) is 5.26 Å². The predicted molar refractivity (Wildman–Crippen MR) is 49.2 cm³/mol. The first-order valence-electron chi connectivity index (χ1n) is 4.52. The van der Waals surface area contributed by atoms with Crippen LogP contribution in [0.5, 0.6) is 5.75 Å². The SMILES string of the molecule is N#Cc1c(O)cccc1CC1CC1. The molecule has 1 aromatic rings. The van der Waals surface area contributed by atoms with Crippen molar-refractivity contribution < 1.29 is 5.11 Å². The van der Waals surface area contributed by atoms with E-state index in [4.69, 9.17) is 5.26 Å². The van der Waals surface area contributed by atoms with Crippen molar-refractivity contribution in [3.05, 3.63) is 29.3 Å². The molecule has 1 fully saturated rings. The normalized spacial score (nSPS) is 15.3. The Kier molecular flexibility index (Phi) is 1.94. The van der Waals surface area contributed by atoms with Crippen molar-refractivity contribution in [3.63, 3.8) is 0 Å². The van der Waals surface area contributed by atoms with Crippen LogP contribution >= 0.6 is 0 Å². The molecule has 66 valence electrons. The molecule has 0 amide bonds. The van der Waals surface area contributed by atoms with E-state index >= 15 is 0 Å². The largest absolute Gasteiger partial charge is 0.507 e. The van der Waals surface area contributed by atoms with Crippen LogP contribution in [0.1, 0.15) is 24.0 Å².